The number of aromatic carboxylic acids is 1. The first-order valence-electron chi connectivity index (χ1n) is 4.70. The van der Waals surface area contributed by atoms with Crippen LogP contribution in [0.25, 0.3) is 0 Å². The molecule has 0 spiro atoms. The van der Waals surface area contributed by atoms with Crippen molar-refractivity contribution in [2.75, 3.05) is 18.5 Å². The second-order valence-corrected chi connectivity index (χ2v) is 2.92. The first-order valence-corrected chi connectivity index (χ1v) is 4.70. The highest BCUT2D eigenvalue weighted by molar-refractivity contribution is 5.92. The molecular formula is C10H12N2O4. The third-order valence-electron chi connectivity index (χ3n) is 1.70. The summed E-state index contributed by atoms with van der Waals surface area (Å²) in [5.74, 6) is -1.40. The van der Waals surface area contributed by atoms with Gasteiger partial charge in [0.1, 0.15) is 12.3 Å². The van der Waals surface area contributed by atoms with Crippen molar-refractivity contribution in [1.82, 2.24) is 4.98 Å². The summed E-state index contributed by atoms with van der Waals surface area (Å²) < 4.78 is 4.90. The lowest BCUT2D eigenvalue weighted by atomic mass is 10.3. The van der Waals surface area contributed by atoms with Gasteiger partial charge in [0.25, 0.3) is 0 Å². The topological polar surface area (TPSA) is 88.5 Å². The van der Waals surface area contributed by atoms with Gasteiger partial charge in [0.05, 0.1) is 11.9 Å². The Balaban J connectivity index is 2.55. The molecule has 1 heterocycles. The number of carboxylic acids is 1. The average molecular weight is 224 g/mol. The van der Waals surface area contributed by atoms with E-state index in [1.165, 1.54) is 18.3 Å². The largest absolute Gasteiger partial charge is 0.477 e. The van der Waals surface area contributed by atoms with E-state index in [0.717, 1.165) is 0 Å². The van der Waals surface area contributed by atoms with Gasteiger partial charge in [-0.2, -0.15) is 0 Å². The maximum atomic E-state index is 11.2. The quantitative estimate of drug-likeness (QED) is 0.770. The Morgan fingerprint density at radius 1 is 1.50 bits per heavy atom. The molecule has 1 rings (SSSR count). The highest BCUT2D eigenvalue weighted by Crippen LogP contribution is 2.05. The fourth-order valence-corrected chi connectivity index (χ4v) is 0.986. The van der Waals surface area contributed by atoms with Crippen LogP contribution in [0.5, 0.6) is 0 Å². The van der Waals surface area contributed by atoms with Crippen LogP contribution in [0.15, 0.2) is 18.3 Å². The molecule has 0 unspecified atom stereocenters. The number of ether oxygens (including phenoxy) is 1. The van der Waals surface area contributed by atoms with Crippen LogP contribution in [0.2, 0.25) is 0 Å². The monoisotopic (exact) mass is 224 g/mol. The molecule has 0 aromatic carbocycles. The molecule has 0 aliphatic carbocycles. The molecule has 1 aromatic rings. The molecule has 86 valence electrons. The Morgan fingerprint density at radius 3 is 2.75 bits per heavy atom. The summed E-state index contributed by atoms with van der Waals surface area (Å²) in [7, 11) is 0. The van der Waals surface area contributed by atoms with E-state index in [4.69, 9.17) is 9.84 Å². The van der Waals surface area contributed by atoms with Crippen LogP contribution in [0.4, 0.5) is 5.69 Å². The van der Waals surface area contributed by atoms with Crippen molar-refractivity contribution < 1.29 is 19.4 Å². The molecule has 0 bridgehead atoms. The van der Waals surface area contributed by atoms with Gasteiger partial charge < -0.3 is 15.2 Å². The van der Waals surface area contributed by atoms with Gasteiger partial charge in [0.15, 0.2) is 0 Å². The fraction of sp³-hybridized carbons (Fsp3) is 0.300. The molecule has 0 saturated heterocycles. The van der Waals surface area contributed by atoms with Gasteiger partial charge in [-0.15, -0.1) is 0 Å². The summed E-state index contributed by atoms with van der Waals surface area (Å²) in [5, 5.41) is 11.1. The SMILES string of the molecule is CCOCC(=O)Nc1ccc(C(=O)O)nc1. The van der Waals surface area contributed by atoms with Gasteiger partial charge in [0, 0.05) is 6.61 Å². The number of amides is 1. The number of pyridine rings is 1. The van der Waals surface area contributed by atoms with Crippen molar-refractivity contribution in [2.45, 2.75) is 6.92 Å². The lowest BCUT2D eigenvalue weighted by molar-refractivity contribution is -0.120. The van der Waals surface area contributed by atoms with E-state index in [0.29, 0.717) is 12.3 Å². The van der Waals surface area contributed by atoms with Gasteiger partial charge in [-0.3, -0.25) is 4.79 Å². The van der Waals surface area contributed by atoms with Crippen LogP contribution < -0.4 is 5.32 Å². The third-order valence-corrected chi connectivity index (χ3v) is 1.70. The molecule has 0 aliphatic heterocycles. The zero-order valence-electron chi connectivity index (χ0n) is 8.77. The van der Waals surface area contributed by atoms with Crippen LogP contribution in [0, 0.1) is 0 Å². The minimum Gasteiger partial charge on any atom is -0.477 e. The van der Waals surface area contributed by atoms with Gasteiger partial charge >= 0.3 is 5.97 Å². The molecule has 6 nitrogen and oxygen atoms in total. The maximum Gasteiger partial charge on any atom is 0.354 e. The van der Waals surface area contributed by atoms with E-state index < -0.39 is 5.97 Å². The highest BCUT2D eigenvalue weighted by Gasteiger charge is 2.05. The molecular weight excluding hydrogens is 212 g/mol. The molecule has 2 N–H and O–H groups in total. The number of anilines is 1. The van der Waals surface area contributed by atoms with Crippen LogP contribution in [0.1, 0.15) is 17.4 Å². The minimum atomic E-state index is -1.10. The van der Waals surface area contributed by atoms with Crippen molar-refractivity contribution >= 4 is 17.6 Å². The Kier molecular flexibility index (Phi) is 4.41. The van der Waals surface area contributed by atoms with Gasteiger partial charge in [0.2, 0.25) is 5.91 Å². The minimum absolute atomic E-state index is 0.0306. The summed E-state index contributed by atoms with van der Waals surface area (Å²) >= 11 is 0. The molecule has 0 atom stereocenters. The van der Waals surface area contributed by atoms with Gasteiger partial charge in [-0.25, -0.2) is 9.78 Å². The zero-order chi connectivity index (χ0) is 12.0. The van der Waals surface area contributed by atoms with Crippen molar-refractivity contribution in [1.29, 1.82) is 0 Å². The van der Waals surface area contributed by atoms with Crippen molar-refractivity contribution in [3.8, 4) is 0 Å². The van der Waals surface area contributed by atoms with E-state index in [-0.39, 0.29) is 18.2 Å². The summed E-state index contributed by atoms with van der Waals surface area (Å²) in [4.78, 5) is 25.4. The number of nitrogens with zero attached hydrogens (tertiary/aromatic N) is 1. The van der Waals surface area contributed by atoms with Crippen LogP contribution >= 0.6 is 0 Å². The number of carbonyl (C=O) groups is 2. The summed E-state index contributed by atoms with van der Waals surface area (Å²) in [6.07, 6.45) is 1.29. The normalized spacial score (nSPS) is 9.81. The third kappa shape index (κ3) is 3.66. The molecule has 6 heteroatoms. The molecule has 0 saturated carbocycles. The first kappa shape index (κ1) is 12.1. The molecule has 16 heavy (non-hydrogen) atoms. The van der Waals surface area contributed by atoms with E-state index in [9.17, 15) is 9.59 Å². The van der Waals surface area contributed by atoms with E-state index >= 15 is 0 Å². The zero-order valence-corrected chi connectivity index (χ0v) is 8.77. The van der Waals surface area contributed by atoms with Gasteiger partial charge in [-0.05, 0) is 19.1 Å². The van der Waals surface area contributed by atoms with E-state index in [1.54, 1.807) is 6.92 Å². The van der Waals surface area contributed by atoms with Crippen molar-refractivity contribution in [3.63, 3.8) is 0 Å². The first-order chi connectivity index (χ1) is 7.63. The number of hydrogen-bond donors (Lipinski definition) is 2. The molecule has 0 aliphatic rings. The maximum absolute atomic E-state index is 11.2. The smallest absolute Gasteiger partial charge is 0.354 e. The number of rotatable bonds is 5. The second-order valence-electron chi connectivity index (χ2n) is 2.92. The molecule has 0 fully saturated rings. The second kappa shape index (κ2) is 5.82. The average Bonchev–Trinajstić information content (AvgIpc) is 2.27. The molecule has 1 amide bonds. The van der Waals surface area contributed by atoms with Crippen molar-refractivity contribution in [3.05, 3.63) is 24.0 Å². The lowest BCUT2D eigenvalue weighted by Gasteiger charge is -2.04. The number of carboxylic acid groups (broad SMARTS) is 1. The predicted octanol–water partition coefficient (Wildman–Crippen LogP) is 0.755. The fourth-order valence-electron chi connectivity index (χ4n) is 0.986. The van der Waals surface area contributed by atoms with Crippen LogP contribution in [-0.4, -0.2) is 35.2 Å². The number of hydrogen-bond acceptors (Lipinski definition) is 4. The summed E-state index contributed by atoms with van der Waals surface area (Å²) in [6.45, 7) is 2.22. The van der Waals surface area contributed by atoms with E-state index in [2.05, 4.69) is 10.3 Å². The van der Waals surface area contributed by atoms with Crippen LogP contribution in [-0.2, 0) is 9.53 Å². The summed E-state index contributed by atoms with van der Waals surface area (Å²) in [5.41, 5.74) is 0.373. The number of nitrogens with one attached hydrogen (secondary N) is 1. The summed E-state index contributed by atoms with van der Waals surface area (Å²) in [6, 6.07) is 2.79. The number of aromatic nitrogens is 1. The Bertz CT molecular complexity index is 375. The molecule has 0 radical (unpaired) electrons. The van der Waals surface area contributed by atoms with Gasteiger partial charge in [-0.1, -0.05) is 0 Å². The van der Waals surface area contributed by atoms with E-state index in [1.807, 2.05) is 0 Å². The Morgan fingerprint density at radius 2 is 2.25 bits per heavy atom. The Hall–Kier alpha value is -1.95. The van der Waals surface area contributed by atoms with Crippen molar-refractivity contribution in [2.24, 2.45) is 0 Å². The predicted molar refractivity (Wildman–Crippen MR) is 56.3 cm³/mol. The molecule has 1 aromatic heterocycles. The van der Waals surface area contributed by atoms with Crippen LogP contribution in [0.3, 0.4) is 0 Å². The Labute approximate surface area is 92.3 Å². The lowest BCUT2D eigenvalue weighted by Crippen LogP contribution is -2.18. The number of carbonyl (C=O) groups excluding carboxylic acids is 1. The highest BCUT2D eigenvalue weighted by atomic mass is 16.5. The standard InChI is InChI=1S/C10H12N2O4/c1-2-16-6-9(13)12-7-3-4-8(10(14)15)11-5-7/h3-5H,2,6H2,1H3,(H,12,13)(H,14,15).